The van der Waals surface area contributed by atoms with Gasteiger partial charge in [0.25, 0.3) is 0 Å². The SMILES string of the molecule is O=C(OC(=O)c1cn(-c2ccc(F)cc2)c2cc(F)c(F)cc2c1=O)c1cn(-c2ccc(F)cc2)c2cc(F)c(F)cc2c1=O. The molecular weight excluding hydrogens is 606 g/mol. The fourth-order valence-electron chi connectivity index (χ4n) is 4.76. The van der Waals surface area contributed by atoms with E-state index in [2.05, 4.69) is 0 Å². The van der Waals surface area contributed by atoms with Gasteiger partial charge >= 0.3 is 11.9 Å². The van der Waals surface area contributed by atoms with Gasteiger partial charge in [-0.05, 0) is 60.7 Å². The molecule has 2 aromatic heterocycles. The molecule has 6 aromatic rings. The number of carbonyl (C=O) groups is 2. The van der Waals surface area contributed by atoms with Gasteiger partial charge in [0.2, 0.25) is 10.9 Å². The third kappa shape index (κ3) is 5.13. The van der Waals surface area contributed by atoms with Crippen LogP contribution in [-0.2, 0) is 4.74 Å². The van der Waals surface area contributed by atoms with Crippen LogP contribution in [0.1, 0.15) is 20.7 Å². The van der Waals surface area contributed by atoms with Crippen LogP contribution in [-0.4, -0.2) is 21.1 Å². The number of nitrogens with zero attached hydrogens (tertiary/aromatic N) is 2. The van der Waals surface area contributed by atoms with Gasteiger partial charge in [-0.3, -0.25) is 9.59 Å². The highest BCUT2D eigenvalue weighted by Crippen LogP contribution is 2.24. The van der Waals surface area contributed by atoms with Gasteiger partial charge in [-0.1, -0.05) is 0 Å². The van der Waals surface area contributed by atoms with Crippen LogP contribution in [0.25, 0.3) is 33.2 Å². The van der Waals surface area contributed by atoms with Gasteiger partial charge in [0.05, 0.1) is 21.8 Å². The van der Waals surface area contributed by atoms with Crippen molar-refractivity contribution in [3.63, 3.8) is 0 Å². The molecule has 0 N–H and O–H groups in total. The van der Waals surface area contributed by atoms with Crippen LogP contribution in [0.2, 0.25) is 0 Å². The molecule has 0 spiro atoms. The third-order valence-corrected chi connectivity index (χ3v) is 6.93. The Kier molecular flexibility index (Phi) is 7.08. The fourth-order valence-corrected chi connectivity index (χ4v) is 4.76. The second-order valence-electron chi connectivity index (χ2n) is 9.68. The van der Waals surface area contributed by atoms with Crippen molar-refractivity contribution in [3.8, 4) is 11.4 Å². The van der Waals surface area contributed by atoms with E-state index >= 15 is 0 Å². The van der Waals surface area contributed by atoms with Crippen molar-refractivity contribution in [2.45, 2.75) is 0 Å². The summed E-state index contributed by atoms with van der Waals surface area (Å²) in [4.78, 5) is 52.8. The van der Waals surface area contributed by atoms with Gasteiger partial charge in [0.15, 0.2) is 23.3 Å². The molecular formula is C32H14F6N2O5. The lowest BCUT2D eigenvalue weighted by Crippen LogP contribution is -2.26. The lowest BCUT2D eigenvalue weighted by Gasteiger charge is -2.15. The normalized spacial score (nSPS) is 11.2. The first-order valence-electron chi connectivity index (χ1n) is 12.8. The van der Waals surface area contributed by atoms with Crippen molar-refractivity contribution in [2.75, 3.05) is 0 Å². The van der Waals surface area contributed by atoms with E-state index in [1.165, 1.54) is 24.3 Å². The van der Waals surface area contributed by atoms with Crippen LogP contribution in [0, 0.1) is 34.9 Å². The quantitative estimate of drug-likeness (QED) is 0.135. The summed E-state index contributed by atoms with van der Waals surface area (Å²) < 4.78 is 90.7. The monoisotopic (exact) mass is 620 g/mol. The van der Waals surface area contributed by atoms with Crippen molar-refractivity contribution in [2.24, 2.45) is 0 Å². The van der Waals surface area contributed by atoms with E-state index in [0.717, 1.165) is 45.8 Å². The first-order valence-corrected chi connectivity index (χ1v) is 12.8. The smallest absolute Gasteiger partial charge is 0.351 e. The summed E-state index contributed by atoms with van der Waals surface area (Å²) in [6, 6.07) is 11.4. The molecule has 0 bridgehead atoms. The van der Waals surface area contributed by atoms with Crippen LogP contribution in [0.4, 0.5) is 26.3 Å². The van der Waals surface area contributed by atoms with Crippen molar-refractivity contribution in [1.29, 1.82) is 0 Å². The van der Waals surface area contributed by atoms with Gasteiger partial charge in [-0.25, -0.2) is 35.9 Å². The molecule has 0 aliphatic heterocycles. The molecule has 13 heteroatoms. The molecule has 224 valence electrons. The largest absolute Gasteiger partial charge is 0.385 e. The maximum Gasteiger partial charge on any atom is 0.351 e. The van der Waals surface area contributed by atoms with E-state index in [-0.39, 0.29) is 22.4 Å². The second kappa shape index (κ2) is 10.9. The van der Waals surface area contributed by atoms with Gasteiger partial charge in [-0.2, -0.15) is 0 Å². The van der Waals surface area contributed by atoms with Gasteiger partial charge in [0, 0.05) is 35.9 Å². The molecule has 0 aliphatic carbocycles. The van der Waals surface area contributed by atoms with Crippen LogP contribution < -0.4 is 10.9 Å². The molecule has 0 unspecified atom stereocenters. The number of benzene rings is 4. The minimum Gasteiger partial charge on any atom is -0.385 e. The number of halogens is 6. The highest BCUT2D eigenvalue weighted by atomic mass is 19.2. The standard InChI is InChI=1S/C32H14F6N2O5/c33-15-1-5-17(6-2-15)39-13-21(29(41)19-9-23(35)25(37)11-27(19)39)31(43)45-32(44)22-14-40(18-7-3-16(34)4-8-18)28-12-26(38)24(36)10-20(28)30(22)42/h1-14H. The predicted molar refractivity (Wildman–Crippen MR) is 149 cm³/mol. The van der Waals surface area contributed by atoms with E-state index in [4.69, 9.17) is 4.74 Å². The van der Waals surface area contributed by atoms with Crippen molar-refractivity contribution in [3.05, 3.63) is 152 Å². The van der Waals surface area contributed by atoms with E-state index in [1.807, 2.05) is 0 Å². The molecule has 4 aromatic carbocycles. The van der Waals surface area contributed by atoms with Gasteiger partial charge in [0.1, 0.15) is 22.8 Å². The Morgan fingerprint density at radius 3 is 1.20 bits per heavy atom. The first kappa shape index (κ1) is 29.1. The summed E-state index contributed by atoms with van der Waals surface area (Å²) in [5, 5.41) is -0.996. The summed E-state index contributed by atoms with van der Waals surface area (Å²) in [7, 11) is 0. The van der Waals surface area contributed by atoms with E-state index < -0.39 is 79.6 Å². The molecule has 0 radical (unpaired) electrons. The highest BCUT2D eigenvalue weighted by molar-refractivity contribution is 6.05. The lowest BCUT2D eigenvalue weighted by molar-refractivity contribution is 0.0395. The Balaban J connectivity index is 1.48. The Bertz CT molecular complexity index is 2170. The maximum atomic E-state index is 14.2. The molecule has 0 saturated carbocycles. The summed E-state index contributed by atoms with van der Waals surface area (Å²) in [6.45, 7) is 0. The zero-order valence-electron chi connectivity index (χ0n) is 22.3. The lowest BCUT2D eigenvalue weighted by atomic mass is 10.1. The van der Waals surface area contributed by atoms with Crippen molar-refractivity contribution in [1.82, 2.24) is 9.13 Å². The summed E-state index contributed by atoms with van der Waals surface area (Å²) in [5.74, 6) is -9.99. The average Bonchev–Trinajstić information content (AvgIpc) is 3.00. The van der Waals surface area contributed by atoms with E-state index in [9.17, 15) is 45.5 Å². The number of esters is 2. The number of rotatable bonds is 4. The summed E-state index contributed by atoms with van der Waals surface area (Å²) in [6.07, 6.45) is 1.72. The number of hydrogen-bond donors (Lipinski definition) is 0. The number of pyridine rings is 2. The van der Waals surface area contributed by atoms with Gasteiger partial charge < -0.3 is 13.9 Å². The van der Waals surface area contributed by atoms with Crippen LogP contribution in [0.5, 0.6) is 0 Å². The molecule has 0 amide bonds. The van der Waals surface area contributed by atoms with Crippen molar-refractivity contribution >= 4 is 33.7 Å². The Morgan fingerprint density at radius 1 is 0.511 bits per heavy atom. The van der Waals surface area contributed by atoms with E-state index in [1.54, 1.807) is 0 Å². The molecule has 0 fully saturated rings. The zero-order chi connectivity index (χ0) is 32.2. The summed E-state index contributed by atoms with van der Waals surface area (Å²) >= 11 is 0. The predicted octanol–water partition coefficient (Wildman–Crippen LogP) is 6.13. The molecule has 2 heterocycles. The summed E-state index contributed by atoms with van der Waals surface area (Å²) in [5.41, 5.74) is -4.23. The highest BCUT2D eigenvalue weighted by Gasteiger charge is 2.25. The second-order valence-corrected chi connectivity index (χ2v) is 9.68. The van der Waals surface area contributed by atoms with Crippen LogP contribution in [0.15, 0.2) is 94.8 Å². The maximum absolute atomic E-state index is 14.2. The number of ether oxygens (including phenoxy) is 1. The van der Waals surface area contributed by atoms with E-state index in [0.29, 0.717) is 24.3 Å². The molecule has 0 saturated heterocycles. The first-order chi connectivity index (χ1) is 21.4. The number of aromatic nitrogens is 2. The minimum atomic E-state index is -1.61. The zero-order valence-corrected chi connectivity index (χ0v) is 22.3. The van der Waals surface area contributed by atoms with Crippen molar-refractivity contribution < 1.29 is 40.7 Å². The van der Waals surface area contributed by atoms with Gasteiger partial charge in [-0.15, -0.1) is 0 Å². The fraction of sp³-hybridized carbons (Fsp3) is 0. The Morgan fingerprint density at radius 2 is 0.844 bits per heavy atom. The van der Waals surface area contributed by atoms with Crippen LogP contribution >= 0.6 is 0 Å². The number of carbonyl (C=O) groups excluding carboxylic acids is 2. The Labute approximate surface area is 246 Å². The molecule has 7 nitrogen and oxygen atoms in total. The molecule has 6 rings (SSSR count). The minimum absolute atomic E-state index is 0.110. The number of fused-ring (bicyclic) bond motifs is 2. The van der Waals surface area contributed by atoms with Crippen LogP contribution in [0.3, 0.4) is 0 Å². The average molecular weight is 620 g/mol. The topological polar surface area (TPSA) is 87.4 Å². The molecule has 0 atom stereocenters. The molecule has 0 aliphatic rings. The third-order valence-electron chi connectivity index (χ3n) is 6.93. The number of hydrogen-bond acceptors (Lipinski definition) is 5. The molecule has 45 heavy (non-hydrogen) atoms. The Hall–Kier alpha value is -5.98.